The molecule has 3 aromatic heterocycles. The molecule has 1 aliphatic rings. The molecule has 0 aliphatic carbocycles. The first-order valence-corrected chi connectivity index (χ1v) is 10.3. The zero-order chi connectivity index (χ0) is 17.8. The molecule has 0 radical (unpaired) electrons. The average Bonchev–Trinajstić information content (AvgIpc) is 3.32. The number of aromatic nitrogens is 2. The number of fused-ring (bicyclic) bond motifs is 1. The van der Waals surface area contributed by atoms with E-state index < -0.39 is 0 Å². The second-order valence-electron chi connectivity index (χ2n) is 6.02. The van der Waals surface area contributed by atoms with Crippen molar-refractivity contribution in [1.82, 2.24) is 14.9 Å². The Morgan fingerprint density at radius 3 is 2.92 bits per heavy atom. The monoisotopic (exact) mass is 385 g/mol. The van der Waals surface area contributed by atoms with Gasteiger partial charge in [0.25, 0.3) is 0 Å². The smallest absolute Gasteiger partial charge is 0.146 e. The Kier molecular flexibility index (Phi) is 5.41. The van der Waals surface area contributed by atoms with E-state index in [1.54, 1.807) is 22.7 Å². The maximum Gasteiger partial charge on any atom is 0.146 e. The Morgan fingerprint density at radius 1 is 1.27 bits per heavy atom. The molecule has 0 aromatic carbocycles. The van der Waals surface area contributed by atoms with Crippen LogP contribution in [-0.4, -0.2) is 47.7 Å². The van der Waals surface area contributed by atoms with Crippen LogP contribution in [-0.2, 0) is 11.3 Å². The van der Waals surface area contributed by atoms with Crippen LogP contribution in [0.25, 0.3) is 20.7 Å². The summed E-state index contributed by atoms with van der Waals surface area (Å²) in [5.74, 6) is 1.65. The Hall–Kier alpha value is -2.05. The minimum atomic E-state index is 0.447. The molecule has 134 valence electrons. The molecular weight excluding hydrogens is 366 g/mol. The quantitative estimate of drug-likeness (QED) is 0.654. The van der Waals surface area contributed by atoms with Gasteiger partial charge in [-0.2, -0.15) is 5.26 Å². The normalized spacial score (nSPS) is 15.2. The summed E-state index contributed by atoms with van der Waals surface area (Å²) >= 11 is 3.36. The number of hydrogen-bond acceptors (Lipinski definition) is 8. The van der Waals surface area contributed by atoms with Crippen LogP contribution in [0.5, 0.6) is 0 Å². The minimum Gasteiger partial charge on any atom is -0.379 e. The molecule has 0 bridgehead atoms. The van der Waals surface area contributed by atoms with Crippen molar-refractivity contribution in [3.63, 3.8) is 0 Å². The van der Waals surface area contributed by atoms with Crippen LogP contribution in [0.15, 0.2) is 22.9 Å². The van der Waals surface area contributed by atoms with Crippen LogP contribution < -0.4 is 5.32 Å². The molecule has 1 saturated heterocycles. The van der Waals surface area contributed by atoms with Gasteiger partial charge in [-0.05, 0) is 11.4 Å². The highest BCUT2D eigenvalue weighted by Crippen LogP contribution is 2.38. The van der Waals surface area contributed by atoms with Crippen molar-refractivity contribution in [3.8, 4) is 16.5 Å². The van der Waals surface area contributed by atoms with Gasteiger partial charge in [0.1, 0.15) is 16.5 Å². The molecule has 6 nitrogen and oxygen atoms in total. The van der Waals surface area contributed by atoms with E-state index in [2.05, 4.69) is 39.2 Å². The summed E-state index contributed by atoms with van der Waals surface area (Å²) in [5, 5.41) is 17.5. The number of nitrogens with one attached hydrogen (secondary N) is 1. The highest BCUT2D eigenvalue weighted by Gasteiger charge is 2.18. The lowest BCUT2D eigenvalue weighted by atomic mass is 10.2. The third-order valence-corrected chi connectivity index (χ3v) is 6.04. The van der Waals surface area contributed by atoms with Crippen LogP contribution >= 0.6 is 22.7 Å². The Morgan fingerprint density at radius 2 is 2.15 bits per heavy atom. The van der Waals surface area contributed by atoms with Crippen LogP contribution in [0.1, 0.15) is 12.2 Å². The maximum atomic E-state index is 8.86. The predicted octanol–water partition coefficient (Wildman–Crippen LogP) is 3.58. The van der Waals surface area contributed by atoms with E-state index in [9.17, 15) is 0 Å². The lowest BCUT2D eigenvalue weighted by Gasteiger charge is -2.25. The summed E-state index contributed by atoms with van der Waals surface area (Å²) in [6.07, 6.45) is 0.447. The SMILES string of the molecule is N#CCCNc1nc(CN2CCOCC2)nc2scc(-c3cccs3)c12. The number of hydrogen-bond donors (Lipinski definition) is 1. The summed E-state index contributed by atoms with van der Waals surface area (Å²) in [7, 11) is 0. The fourth-order valence-corrected chi connectivity index (χ4v) is 4.77. The number of anilines is 1. The molecule has 26 heavy (non-hydrogen) atoms. The first-order chi connectivity index (χ1) is 12.8. The molecule has 8 heteroatoms. The van der Waals surface area contributed by atoms with Gasteiger partial charge in [0.05, 0.1) is 37.6 Å². The number of rotatable bonds is 6. The minimum absolute atomic E-state index is 0.447. The molecule has 1 fully saturated rings. The lowest BCUT2D eigenvalue weighted by molar-refractivity contribution is 0.0331. The zero-order valence-corrected chi connectivity index (χ0v) is 15.9. The van der Waals surface area contributed by atoms with Gasteiger partial charge in [-0.15, -0.1) is 22.7 Å². The predicted molar refractivity (Wildman–Crippen MR) is 106 cm³/mol. The molecule has 0 saturated carbocycles. The van der Waals surface area contributed by atoms with Crippen molar-refractivity contribution >= 4 is 38.7 Å². The average molecular weight is 386 g/mol. The third kappa shape index (κ3) is 3.71. The van der Waals surface area contributed by atoms with E-state index in [0.29, 0.717) is 13.0 Å². The standard InChI is InChI=1S/C18H19N5OS2/c19-4-2-5-20-17-16-13(14-3-1-10-25-14)12-26-18(16)22-15(21-17)11-23-6-8-24-9-7-23/h1,3,10,12H,2,5-9,11H2,(H,20,21,22). The Labute approximate surface area is 160 Å². The maximum absolute atomic E-state index is 8.86. The summed E-state index contributed by atoms with van der Waals surface area (Å²) < 4.78 is 5.42. The first-order valence-electron chi connectivity index (χ1n) is 8.58. The van der Waals surface area contributed by atoms with Gasteiger partial charge in [-0.1, -0.05) is 6.07 Å². The summed E-state index contributed by atoms with van der Waals surface area (Å²) in [6.45, 7) is 4.64. The molecule has 0 amide bonds. The van der Waals surface area contributed by atoms with E-state index in [0.717, 1.165) is 60.3 Å². The highest BCUT2D eigenvalue weighted by molar-refractivity contribution is 7.18. The summed E-state index contributed by atoms with van der Waals surface area (Å²) in [6, 6.07) is 6.35. The van der Waals surface area contributed by atoms with Crippen molar-refractivity contribution < 1.29 is 4.74 Å². The van der Waals surface area contributed by atoms with Crippen LogP contribution in [0.3, 0.4) is 0 Å². The molecule has 0 unspecified atom stereocenters. The fraction of sp³-hybridized carbons (Fsp3) is 0.389. The zero-order valence-electron chi connectivity index (χ0n) is 14.3. The Balaban J connectivity index is 1.70. The van der Waals surface area contributed by atoms with Crippen LogP contribution in [0, 0.1) is 11.3 Å². The number of ether oxygens (including phenoxy) is 1. The van der Waals surface area contributed by atoms with Crippen molar-refractivity contribution in [3.05, 3.63) is 28.7 Å². The van der Waals surface area contributed by atoms with E-state index in [1.165, 1.54) is 4.88 Å². The molecule has 4 rings (SSSR count). The van der Waals surface area contributed by atoms with E-state index in [4.69, 9.17) is 20.0 Å². The number of morpholine rings is 1. The second kappa shape index (κ2) is 8.10. The Bertz CT molecular complexity index is 910. The van der Waals surface area contributed by atoms with Gasteiger partial charge >= 0.3 is 0 Å². The topological polar surface area (TPSA) is 74.1 Å². The molecule has 1 N–H and O–H groups in total. The van der Waals surface area contributed by atoms with Gasteiger partial charge in [0, 0.05) is 35.5 Å². The fourth-order valence-electron chi connectivity index (χ4n) is 2.99. The van der Waals surface area contributed by atoms with E-state index >= 15 is 0 Å². The van der Waals surface area contributed by atoms with Gasteiger partial charge in [0.2, 0.25) is 0 Å². The van der Waals surface area contributed by atoms with Crippen LogP contribution in [0.4, 0.5) is 5.82 Å². The van der Waals surface area contributed by atoms with Gasteiger partial charge in [0.15, 0.2) is 0 Å². The van der Waals surface area contributed by atoms with Gasteiger partial charge < -0.3 is 10.1 Å². The van der Waals surface area contributed by atoms with Gasteiger partial charge in [-0.3, -0.25) is 4.90 Å². The van der Waals surface area contributed by atoms with E-state index in [-0.39, 0.29) is 0 Å². The number of nitrogens with zero attached hydrogens (tertiary/aromatic N) is 4. The third-order valence-electron chi connectivity index (χ3n) is 4.26. The number of nitriles is 1. The molecule has 0 spiro atoms. The van der Waals surface area contributed by atoms with Crippen LogP contribution in [0.2, 0.25) is 0 Å². The first kappa shape index (κ1) is 17.4. The molecule has 3 aromatic rings. The van der Waals surface area contributed by atoms with Crippen molar-refractivity contribution in [2.75, 3.05) is 38.2 Å². The van der Waals surface area contributed by atoms with Gasteiger partial charge in [-0.25, -0.2) is 9.97 Å². The lowest BCUT2D eigenvalue weighted by Crippen LogP contribution is -2.36. The molecule has 1 aliphatic heterocycles. The van der Waals surface area contributed by atoms with Crippen molar-refractivity contribution in [2.24, 2.45) is 0 Å². The largest absolute Gasteiger partial charge is 0.379 e. The highest BCUT2D eigenvalue weighted by atomic mass is 32.1. The second-order valence-corrected chi connectivity index (χ2v) is 7.82. The van der Waals surface area contributed by atoms with Crippen molar-refractivity contribution in [2.45, 2.75) is 13.0 Å². The molecular formula is C18H19N5OS2. The molecule has 0 atom stereocenters. The van der Waals surface area contributed by atoms with E-state index in [1.807, 2.05) is 0 Å². The molecule has 4 heterocycles. The number of thiophene rings is 2. The summed E-state index contributed by atoms with van der Waals surface area (Å²) in [4.78, 5) is 14.1. The summed E-state index contributed by atoms with van der Waals surface area (Å²) in [5.41, 5.74) is 1.16. The van der Waals surface area contributed by atoms with Crippen molar-refractivity contribution in [1.29, 1.82) is 5.26 Å².